The molecule has 3 aromatic rings. The molecule has 1 N–H and O–H groups in total. The van der Waals surface area contributed by atoms with Gasteiger partial charge in [-0.25, -0.2) is 15.0 Å². The fourth-order valence-corrected chi connectivity index (χ4v) is 4.86. The monoisotopic (exact) mass is 434 g/mol. The van der Waals surface area contributed by atoms with Crippen LogP contribution in [0, 0.1) is 5.92 Å². The Morgan fingerprint density at radius 1 is 1.19 bits per heavy atom. The third-order valence-corrected chi connectivity index (χ3v) is 6.57. The molecule has 1 aromatic carbocycles. The van der Waals surface area contributed by atoms with Crippen molar-refractivity contribution in [1.29, 1.82) is 0 Å². The van der Waals surface area contributed by atoms with Gasteiger partial charge >= 0.3 is 0 Å². The molecule has 168 valence electrons. The zero-order chi connectivity index (χ0) is 21.9. The molecular formula is C24H30N6O2. The largest absolute Gasteiger partial charge is 0.497 e. The van der Waals surface area contributed by atoms with E-state index in [4.69, 9.17) is 9.72 Å². The maximum atomic E-state index is 12.9. The SMILES string of the molecule is COc1cccc(CNC(=O)[C@@H]2CCCN(c3ncnc4c3nc3n4CCCCC3)C2)c1. The first kappa shape index (κ1) is 20.7. The molecule has 0 spiro atoms. The molecule has 0 radical (unpaired) electrons. The van der Waals surface area contributed by atoms with Gasteiger partial charge in [-0.1, -0.05) is 18.6 Å². The number of anilines is 1. The minimum Gasteiger partial charge on any atom is -0.497 e. The highest BCUT2D eigenvalue weighted by Crippen LogP contribution is 2.29. The number of nitrogens with one attached hydrogen (secondary N) is 1. The van der Waals surface area contributed by atoms with Crippen LogP contribution in [-0.2, 0) is 24.3 Å². The smallest absolute Gasteiger partial charge is 0.225 e. The molecule has 2 aromatic heterocycles. The van der Waals surface area contributed by atoms with Gasteiger partial charge in [-0.3, -0.25) is 4.79 Å². The number of methoxy groups -OCH3 is 1. The molecule has 1 atom stereocenters. The Morgan fingerprint density at radius 2 is 2.12 bits per heavy atom. The molecule has 5 rings (SSSR count). The van der Waals surface area contributed by atoms with Crippen molar-refractivity contribution < 1.29 is 9.53 Å². The lowest BCUT2D eigenvalue weighted by Gasteiger charge is -2.32. The Labute approximate surface area is 188 Å². The van der Waals surface area contributed by atoms with E-state index in [1.54, 1.807) is 13.4 Å². The Hall–Kier alpha value is -3.16. The topological polar surface area (TPSA) is 85.2 Å². The fourth-order valence-electron chi connectivity index (χ4n) is 4.86. The van der Waals surface area contributed by atoms with E-state index in [2.05, 4.69) is 24.8 Å². The molecular weight excluding hydrogens is 404 g/mol. The third-order valence-electron chi connectivity index (χ3n) is 6.57. The molecule has 2 aliphatic rings. The second-order valence-corrected chi connectivity index (χ2v) is 8.71. The van der Waals surface area contributed by atoms with E-state index in [0.717, 1.165) is 72.9 Å². The van der Waals surface area contributed by atoms with Crippen LogP contribution in [0.4, 0.5) is 5.82 Å². The van der Waals surface area contributed by atoms with Crippen molar-refractivity contribution in [2.45, 2.75) is 51.6 Å². The summed E-state index contributed by atoms with van der Waals surface area (Å²) in [5.74, 6) is 2.79. The van der Waals surface area contributed by atoms with E-state index in [9.17, 15) is 4.79 Å². The number of aromatic nitrogens is 4. The minimum atomic E-state index is -0.0696. The van der Waals surface area contributed by atoms with Crippen LogP contribution < -0.4 is 15.0 Å². The van der Waals surface area contributed by atoms with E-state index in [1.165, 1.54) is 12.8 Å². The standard InChI is InChI=1S/C24H30N6O2/c1-32-19-9-5-7-17(13-19)14-25-24(31)18-8-6-11-29(15-18)22-21-23(27-16-26-22)30-12-4-2-3-10-20(30)28-21/h5,7,9,13,16,18H,2-4,6,8,10-12,14-15H2,1H3,(H,25,31)/t18-/m1/s1. The average molecular weight is 435 g/mol. The summed E-state index contributed by atoms with van der Waals surface area (Å²) in [6.07, 6.45) is 8.05. The van der Waals surface area contributed by atoms with Gasteiger partial charge in [-0.05, 0) is 43.4 Å². The summed E-state index contributed by atoms with van der Waals surface area (Å²) in [5.41, 5.74) is 2.83. The van der Waals surface area contributed by atoms with Crippen molar-refractivity contribution in [3.8, 4) is 5.75 Å². The summed E-state index contributed by atoms with van der Waals surface area (Å²) in [6.45, 7) is 3.00. The number of hydrogen-bond acceptors (Lipinski definition) is 6. The molecule has 32 heavy (non-hydrogen) atoms. The molecule has 0 aliphatic carbocycles. The third kappa shape index (κ3) is 4.13. The zero-order valence-electron chi connectivity index (χ0n) is 18.6. The Balaban J connectivity index is 1.30. The predicted octanol–water partition coefficient (Wildman–Crippen LogP) is 3.09. The van der Waals surface area contributed by atoms with Gasteiger partial charge in [0.25, 0.3) is 0 Å². The summed E-state index contributed by atoms with van der Waals surface area (Å²) in [7, 11) is 1.65. The summed E-state index contributed by atoms with van der Waals surface area (Å²) in [5, 5.41) is 3.10. The maximum Gasteiger partial charge on any atom is 0.225 e. The molecule has 0 unspecified atom stereocenters. The van der Waals surface area contributed by atoms with Gasteiger partial charge in [0.15, 0.2) is 17.0 Å². The number of benzene rings is 1. The first-order chi connectivity index (χ1) is 15.7. The normalized spacial score (nSPS) is 18.8. The van der Waals surface area contributed by atoms with Gasteiger partial charge in [0.1, 0.15) is 17.9 Å². The number of fused-ring (bicyclic) bond motifs is 3. The Kier molecular flexibility index (Phi) is 5.92. The fraction of sp³-hybridized carbons (Fsp3) is 0.500. The summed E-state index contributed by atoms with van der Waals surface area (Å²) in [6, 6.07) is 7.79. The molecule has 0 bridgehead atoms. The van der Waals surface area contributed by atoms with E-state index in [1.807, 2.05) is 24.3 Å². The predicted molar refractivity (Wildman–Crippen MR) is 123 cm³/mol. The lowest BCUT2D eigenvalue weighted by Crippen LogP contribution is -2.43. The molecule has 1 amide bonds. The van der Waals surface area contributed by atoms with Gasteiger partial charge in [-0.2, -0.15) is 0 Å². The summed E-state index contributed by atoms with van der Waals surface area (Å²) in [4.78, 5) is 29.2. The molecule has 0 saturated carbocycles. The second kappa shape index (κ2) is 9.14. The van der Waals surface area contributed by atoms with Gasteiger partial charge in [0, 0.05) is 32.6 Å². The van der Waals surface area contributed by atoms with Crippen molar-refractivity contribution in [3.63, 3.8) is 0 Å². The van der Waals surface area contributed by atoms with Gasteiger partial charge in [0.05, 0.1) is 13.0 Å². The van der Waals surface area contributed by atoms with E-state index >= 15 is 0 Å². The number of rotatable bonds is 5. The van der Waals surface area contributed by atoms with Crippen LogP contribution in [0.1, 0.15) is 43.5 Å². The van der Waals surface area contributed by atoms with Crippen molar-refractivity contribution in [1.82, 2.24) is 24.8 Å². The van der Waals surface area contributed by atoms with Crippen LogP contribution in [0.2, 0.25) is 0 Å². The molecule has 8 heteroatoms. The van der Waals surface area contributed by atoms with Gasteiger partial charge < -0.3 is 19.5 Å². The van der Waals surface area contributed by atoms with Crippen LogP contribution >= 0.6 is 0 Å². The van der Waals surface area contributed by atoms with Crippen molar-refractivity contribution in [2.24, 2.45) is 5.92 Å². The lowest BCUT2D eigenvalue weighted by molar-refractivity contribution is -0.125. The molecule has 1 fully saturated rings. The number of carbonyl (C=O) groups is 1. The Morgan fingerprint density at radius 3 is 3.03 bits per heavy atom. The van der Waals surface area contributed by atoms with Crippen LogP contribution in [-0.4, -0.2) is 45.6 Å². The number of ether oxygens (including phenoxy) is 1. The van der Waals surface area contributed by atoms with Gasteiger partial charge in [0.2, 0.25) is 5.91 Å². The van der Waals surface area contributed by atoms with Crippen molar-refractivity contribution in [2.75, 3.05) is 25.1 Å². The van der Waals surface area contributed by atoms with Crippen LogP contribution in [0.5, 0.6) is 5.75 Å². The Bertz CT molecular complexity index is 1110. The summed E-state index contributed by atoms with van der Waals surface area (Å²) >= 11 is 0. The van der Waals surface area contributed by atoms with Crippen LogP contribution in [0.25, 0.3) is 11.2 Å². The highest BCUT2D eigenvalue weighted by molar-refractivity contribution is 5.85. The highest BCUT2D eigenvalue weighted by atomic mass is 16.5. The van der Waals surface area contributed by atoms with Crippen LogP contribution in [0.3, 0.4) is 0 Å². The first-order valence-electron chi connectivity index (χ1n) is 11.6. The minimum absolute atomic E-state index is 0.0696. The molecule has 4 heterocycles. The number of nitrogens with zero attached hydrogens (tertiary/aromatic N) is 5. The van der Waals surface area contributed by atoms with Gasteiger partial charge in [-0.15, -0.1) is 0 Å². The zero-order valence-corrected chi connectivity index (χ0v) is 18.6. The van der Waals surface area contributed by atoms with Crippen molar-refractivity contribution in [3.05, 3.63) is 42.0 Å². The van der Waals surface area contributed by atoms with Crippen LogP contribution in [0.15, 0.2) is 30.6 Å². The number of amides is 1. The molecule has 1 saturated heterocycles. The van der Waals surface area contributed by atoms with E-state index < -0.39 is 0 Å². The lowest BCUT2D eigenvalue weighted by atomic mass is 9.97. The first-order valence-corrected chi connectivity index (χ1v) is 11.6. The maximum absolute atomic E-state index is 12.9. The number of piperidine rings is 1. The number of aryl methyl sites for hydroxylation is 2. The van der Waals surface area contributed by atoms with E-state index in [0.29, 0.717) is 13.1 Å². The molecule has 2 aliphatic heterocycles. The second-order valence-electron chi connectivity index (χ2n) is 8.71. The quantitative estimate of drug-likeness (QED) is 0.664. The average Bonchev–Trinajstić information content (AvgIpc) is 3.03. The highest BCUT2D eigenvalue weighted by Gasteiger charge is 2.29. The number of carbonyl (C=O) groups excluding carboxylic acids is 1. The summed E-state index contributed by atoms with van der Waals surface area (Å²) < 4.78 is 7.53. The van der Waals surface area contributed by atoms with E-state index in [-0.39, 0.29) is 11.8 Å². The van der Waals surface area contributed by atoms with Crippen molar-refractivity contribution >= 4 is 22.9 Å². The number of hydrogen-bond donors (Lipinski definition) is 1. The molecule has 8 nitrogen and oxygen atoms in total. The number of imidazole rings is 1.